The first-order valence-electron chi connectivity index (χ1n) is 10.5. The average molecular weight is 395 g/mol. The van der Waals surface area contributed by atoms with Gasteiger partial charge in [-0.2, -0.15) is 0 Å². The SMILES string of the molecule is CC1CC[C@@]2(C)C(CCC3C2CC[C@@]2(C)C3CC[C@@H]2C(=O)CBr)C1. The number of alkyl halides is 1. The van der Waals surface area contributed by atoms with Crippen LogP contribution in [-0.2, 0) is 4.79 Å². The zero-order valence-electron chi connectivity index (χ0n) is 15.8. The standard InChI is InChI=1S/C22H35BrO/c1-14-8-10-21(2)15(12-14)4-5-16-17-6-7-19(20(24)13-23)22(17,3)11-9-18(16)21/h14-19H,4-13H2,1-3H3/t14?,15?,16?,17?,18?,19-,21+,22+/m1/s1. The first kappa shape index (κ1) is 17.6. The zero-order chi connectivity index (χ0) is 17.1. The molecule has 8 atom stereocenters. The molecule has 24 heavy (non-hydrogen) atoms. The van der Waals surface area contributed by atoms with E-state index in [2.05, 4.69) is 36.7 Å². The number of hydrogen-bond donors (Lipinski definition) is 0. The van der Waals surface area contributed by atoms with E-state index in [1.54, 1.807) is 0 Å². The molecule has 5 unspecified atom stereocenters. The second kappa shape index (κ2) is 6.10. The normalized spacial score (nSPS) is 53.8. The van der Waals surface area contributed by atoms with Crippen molar-refractivity contribution >= 4 is 21.7 Å². The smallest absolute Gasteiger partial charge is 0.147 e. The second-order valence-corrected chi connectivity index (χ2v) is 10.9. The van der Waals surface area contributed by atoms with Crippen LogP contribution in [0.2, 0.25) is 0 Å². The summed E-state index contributed by atoms with van der Waals surface area (Å²) in [6.45, 7) is 7.60. The Bertz CT molecular complexity index is 516. The second-order valence-electron chi connectivity index (χ2n) is 10.3. The summed E-state index contributed by atoms with van der Waals surface area (Å²) in [6, 6.07) is 0. The highest BCUT2D eigenvalue weighted by Gasteiger charge is 2.60. The van der Waals surface area contributed by atoms with Gasteiger partial charge in [0.15, 0.2) is 0 Å². The molecule has 0 amide bonds. The topological polar surface area (TPSA) is 17.1 Å². The van der Waals surface area contributed by atoms with Crippen molar-refractivity contribution < 1.29 is 4.79 Å². The Hall–Kier alpha value is 0.150. The summed E-state index contributed by atoms with van der Waals surface area (Å²) in [7, 11) is 0. The van der Waals surface area contributed by atoms with Gasteiger partial charge < -0.3 is 0 Å². The Morgan fingerprint density at radius 2 is 1.67 bits per heavy atom. The molecular formula is C22H35BrO. The monoisotopic (exact) mass is 394 g/mol. The van der Waals surface area contributed by atoms with Crippen molar-refractivity contribution in [1.82, 2.24) is 0 Å². The van der Waals surface area contributed by atoms with Gasteiger partial charge in [0.05, 0.1) is 5.33 Å². The van der Waals surface area contributed by atoms with Crippen molar-refractivity contribution in [1.29, 1.82) is 0 Å². The summed E-state index contributed by atoms with van der Waals surface area (Å²) in [5, 5.41) is 0.561. The van der Waals surface area contributed by atoms with Crippen LogP contribution < -0.4 is 0 Å². The van der Waals surface area contributed by atoms with Crippen molar-refractivity contribution in [2.24, 2.45) is 46.3 Å². The average Bonchev–Trinajstić information content (AvgIpc) is 2.92. The lowest BCUT2D eigenvalue weighted by Gasteiger charge is -2.61. The summed E-state index contributed by atoms with van der Waals surface area (Å²) >= 11 is 3.44. The van der Waals surface area contributed by atoms with Crippen LogP contribution in [0.3, 0.4) is 0 Å². The van der Waals surface area contributed by atoms with Crippen LogP contribution in [0.4, 0.5) is 0 Å². The lowest BCUT2D eigenvalue weighted by atomic mass is 9.44. The molecule has 1 nitrogen and oxygen atoms in total. The van der Waals surface area contributed by atoms with Crippen LogP contribution in [0.5, 0.6) is 0 Å². The molecule has 2 heteroatoms. The van der Waals surface area contributed by atoms with E-state index in [1.807, 2.05) is 0 Å². The molecule has 0 saturated heterocycles. The third-order valence-corrected chi connectivity index (χ3v) is 10.0. The fourth-order valence-electron chi connectivity index (χ4n) is 8.09. The number of halogens is 1. The van der Waals surface area contributed by atoms with Crippen LogP contribution >= 0.6 is 15.9 Å². The molecule has 0 aromatic heterocycles. The van der Waals surface area contributed by atoms with E-state index in [1.165, 1.54) is 51.4 Å². The lowest BCUT2D eigenvalue weighted by molar-refractivity contribution is -0.134. The van der Waals surface area contributed by atoms with Gasteiger partial charge >= 0.3 is 0 Å². The van der Waals surface area contributed by atoms with Gasteiger partial charge in [0.2, 0.25) is 0 Å². The third-order valence-electron chi connectivity index (χ3n) is 9.45. The van der Waals surface area contributed by atoms with Crippen molar-refractivity contribution in [2.75, 3.05) is 5.33 Å². The number of hydrogen-bond acceptors (Lipinski definition) is 1. The Balaban J connectivity index is 1.60. The van der Waals surface area contributed by atoms with Crippen LogP contribution in [0.1, 0.15) is 78.6 Å². The Morgan fingerprint density at radius 1 is 0.958 bits per heavy atom. The van der Waals surface area contributed by atoms with Gasteiger partial charge in [-0.15, -0.1) is 0 Å². The van der Waals surface area contributed by atoms with Crippen molar-refractivity contribution in [2.45, 2.75) is 78.6 Å². The van der Waals surface area contributed by atoms with E-state index in [0.29, 0.717) is 27.9 Å². The minimum Gasteiger partial charge on any atom is -0.298 e. The number of carbonyl (C=O) groups excluding carboxylic acids is 1. The van der Waals surface area contributed by atoms with Crippen LogP contribution in [-0.4, -0.2) is 11.1 Å². The summed E-state index contributed by atoms with van der Waals surface area (Å²) in [5.74, 6) is 5.41. The van der Waals surface area contributed by atoms with E-state index in [9.17, 15) is 4.79 Å². The predicted octanol–water partition coefficient (Wildman–Crippen LogP) is 6.25. The molecule has 0 bridgehead atoms. The minimum atomic E-state index is 0.303. The number of carbonyl (C=O) groups is 1. The molecule has 0 aromatic carbocycles. The predicted molar refractivity (Wildman–Crippen MR) is 103 cm³/mol. The molecule has 0 N–H and O–H groups in total. The molecule has 4 aliphatic rings. The van der Waals surface area contributed by atoms with Crippen LogP contribution in [0.25, 0.3) is 0 Å². The molecule has 4 rings (SSSR count). The van der Waals surface area contributed by atoms with Gasteiger partial charge in [-0.3, -0.25) is 4.79 Å². The molecular weight excluding hydrogens is 360 g/mol. The van der Waals surface area contributed by atoms with E-state index in [-0.39, 0.29) is 0 Å². The third kappa shape index (κ3) is 2.41. The first-order valence-corrected chi connectivity index (χ1v) is 11.6. The van der Waals surface area contributed by atoms with Crippen LogP contribution in [0.15, 0.2) is 0 Å². The van der Waals surface area contributed by atoms with Gasteiger partial charge in [-0.1, -0.05) is 43.1 Å². The molecule has 0 aromatic rings. The number of ketones is 1. The first-order chi connectivity index (χ1) is 11.4. The number of fused-ring (bicyclic) bond motifs is 5. The Morgan fingerprint density at radius 3 is 2.42 bits per heavy atom. The van der Waals surface area contributed by atoms with Gasteiger partial charge in [-0.05, 0) is 91.8 Å². The highest BCUT2D eigenvalue weighted by molar-refractivity contribution is 9.09. The fourth-order valence-corrected chi connectivity index (χ4v) is 8.49. The van der Waals surface area contributed by atoms with Gasteiger partial charge in [-0.25, -0.2) is 0 Å². The largest absolute Gasteiger partial charge is 0.298 e. The van der Waals surface area contributed by atoms with E-state index in [4.69, 9.17) is 0 Å². The molecule has 4 saturated carbocycles. The van der Waals surface area contributed by atoms with Crippen LogP contribution in [0, 0.1) is 46.3 Å². The molecule has 0 spiro atoms. The molecule has 0 radical (unpaired) electrons. The maximum absolute atomic E-state index is 12.5. The molecule has 4 aliphatic carbocycles. The highest BCUT2D eigenvalue weighted by Crippen LogP contribution is 2.67. The zero-order valence-corrected chi connectivity index (χ0v) is 17.4. The highest BCUT2D eigenvalue weighted by atomic mass is 79.9. The van der Waals surface area contributed by atoms with E-state index >= 15 is 0 Å². The van der Waals surface area contributed by atoms with E-state index < -0.39 is 0 Å². The maximum atomic E-state index is 12.5. The summed E-state index contributed by atoms with van der Waals surface area (Å²) < 4.78 is 0. The maximum Gasteiger partial charge on any atom is 0.147 e. The Labute approximate surface area is 156 Å². The molecule has 0 heterocycles. The molecule has 136 valence electrons. The van der Waals surface area contributed by atoms with Gasteiger partial charge in [0, 0.05) is 5.92 Å². The number of Topliss-reactive ketones (excluding diaryl/α,β-unsaturated/α-hetero) is 1. The number of rotatable bonds is 2. The van der Waals surface area contributed by atoms with Crippen molar-refractivity contribution in [3.63, 3.8) is 0 Å². The van der Waals surface area contributed by atoms with Gasteiger partial charge in [0.25, 0.3) is 0 Å². The fraction of sp³-hybridized carbons (Fsp3) is 0.955. The van der Waals surface area contributed by atoms with Crippen molar-refractivity contribution in [3.05, 3.63) is 0 Å². The minimum absolute atomic E-state index is 0.303. The summed E-state index contributed by atoms with van der Waals surface area (Å²) in [5.41, 5.74) is 0.908. The van der Waals surface area contributed by atoms with Crippen molar-refractivity contribution in [3.8, 4) is 0 Å². The summed E-state index contributed by atoms with van der Waals surface area (Å²) in [4.78, 5) is 12.5. The summed E-state index contributed by atoms with van der Waals surface area (Å²) in [6.07, 6.45) is 12.5. The molecule has 0 aliphatic heterocycles. The Kier molecular flexibility index (Phi) is 4.46. The van der Waals surface area contributed by atoms with Gasteiger partial charge in [0.1, 0.15) is 5.78 Å². The van der Waals surface area contributed by atoms with E-state index in [0.717, 1.165) is 36.0 Å². The molecule has 4 fully saturated rings. The lowest BCUT2D eigenvalue weighted by Crippen LogP contribution is -2.53. The quantitative estimate of drug-likeness (QED) is 0.506.